The van der Waals surface area contributed by atoms with Crippen LogP contribution < -0.4 is 0 Å². The molecule has 1 fully saturated rings. The summed E-state index contributed by atoms with van der Waals surface area (Å²) in [5.74, 6) is 0. The van der Waals surface area contributed by atoms with Crippen molar-refractivity contribution in [2.45, 2.75) is 57.8 Å². The maximum absolute atomic E-state index is 3.87. The summed E-state index contributed by atoms with van der Waals surface area (Å²) in [4.78, 5) is 2.62. The summed E-state index contributed by atoms with van der Waals surface area (Å²) in [7, 11) is 0. The lowest BCUT2D eigenvalue weighted by molar-refractivity contribution is 0.327. The van der Waals surface area contributed by atoms with Gasteiger partial charge in [-0.3, -0.25) is 0 Å². The summed E-state index contributed by atoms with van der Waals surface area (Å²) >= 11 is 0. The van der Waals surface area contributed by atoms with Crippen LogP contribution in [0, 0.1) is 6.92 Å². The number of hydrogen-bond donors (Lipinski definition) is 0. The van der Waals surface area contributed by atoms with E-state index in [-0.39, 0.29) is 0 Å². The van der Waals surface area contributed by atoms with Gasteiger partial charge >= 0.3 is 0 Å². The lowest BCUT2D eigenvalue weighted by Gasteiger charge is -2.13. The molecule has 0 atom stereocenters. The van der Waals surface area contributed by atoms with E-state index < -0.39 is 0 Å². The first-order valence-electron chi connectivity index (χ1n) is 6.45. The molecule has 14 heavy (non-hydrogen) atoms. The largest absolute Gasteiger partial charge is 0.303 e. The highest BCUT2D eigenvalue weighted by Gasteiger charge is 2.09. The van der Waals surface area contributed by atoms with Gasteiger partial charge in [0.15, 0.2) is 0 Å². The molecule has 1 aliphatic rings. The Kier molecular flexibility index (Phi) is 7.12. The average molecular weight is 196 g/mol. The number of unbranched alkanes of at least 4 members (excludes halogenated alkanes) is 6. The number of hydrogen-bond acceptors (Lipinski definition) is 1. The van der Waals surface area contributed by atoms with Crippen molar-refractivity contribution >= 4 is 0 Å². The fraction of sp³-hybridized carbons (Fsp3) is 0.923. The molecule has 0 aromatic heterocycles. The fourth-order valence-corrected chi connectivity index (χ4v) is 2.23. The Labute approximate surface area is 89.9 Å². The zero-order valence-corrected chi connectivity index (χ0v) is 9.64. The third-order valence-corrected chi connectivity index (χ3v) is 3.17. The van der Waals surface area contributed by atoms with Crippen LogP contribution in [0.3, 0.4) is 0 Å². The van der Waals surface area contributed by atoms with E-state index in [1.54, 1.807) is 0 Å². The molecule has 0 spiro atoms. The van der Waals surface area contributed by atoms with Gasteiger partial charge in [-0.05, 0) is 38.9 Å². The van der Waals surface area contributed by atoms with Gasteiger partial charge in [0.1, 0.15) is 0 Å². The lowest BCUT2D eigenvalue weighted by atomic mass is 10.1. The van der Waals surface area contributed by atoms with Crippen LogP contribution in [-0.2, 0) is 0 Å². The molecule has 1 aliphatic heterocycles. The Bertz CT molecular complexity index is 116. The van der Waals surface area contributed by atoms with Crippen molar-refractivity contribution in [3.63, 3.8) is 0 Å². The molecule has 0 N–H and O–H groups in total. The Morgan fingerprint density at radius 1 is 0.786 bits per heavy atom. The van der Waals surface area contributed by atoms with Crippen molar-refractivity contribution in [1.29, 1.82) is 0 Å². The van der Waals surface area contributed by atoms with Crippen LogP contribution in [0.4, 0.5) is 0 Å². The molecule has 0 aromatic carbocycles. The van der Waals surface area contributed by atoms with E-state index in [2.05, 4.69) is 11.8 Å². The van der Waals surface area contributed by atoms with E-state index >= 15 is 0 Å². The molecule has 0 saturated carbocycles. The van der Waals surface area contributed by atoms with Crippen molar-refractivity contribution in [3.8, 4) is 0 Å². The summed E-state index contributed by atoms with van der Waals surface area (Å²) in [6.07, 6.45) is 12.4. The van der Waals surface area contributed by atoms with Gasteiger partial charge in [-0.25, -0.2) is 0 Å². The Morgan fingerprint density at radius 3 is 2.00 bits per heavy atom. The summed E-state index contributed by atoms with van der Waals surface area (Å²) in [5, 5.41) is 0. The van der Waals surface area contributed by atoms with Gasteiger partial charge in [0.25, 0.3) is 0 Å². The molecule has 1 nitrogen and oxygen atoms in total. The van der Waals surface area contributed by atoms with Crippen LogP contribution in [-0.4, -0.2) is 24.5 Å². The molecule has 1 rings (SSSR count). The predicted molar refractivity (Wildman–Crippen MR) is 63.4 cm³/mol. The van der Waals surface area contributed by atoms with Crippen LogP contribution in [0.2, 0.25) is 0 Å². The van der Waals surface area contributed by atoms with E-state index in [0.717, 1.165) is 6.42 Å². The van der Waals surface area contributed by atoms with Gasteiger partial charge in [-0.2, -0.15) is 0 Å². The fourth-order valence-electron chi connectivity index (χ4n) is 2.23. The topological polar surface area (TPSA) is 3.24 Å². The van der Waals surface area contributed by atoms with Gasteiger partial charge in [-0.15, -0.1) is 0 Å². The summed E-state index contributed by atoms with van der Waals surface area (Å²) in [6, 6.07) is 0. The Morgan fingerprint density at radius 2 is 1.36 bits per heavy atom. The van der Waals surface area contributed by atoms with Gasteiger partial charge < -0.3 is 4.90 Å². The van der Waals surface area contributed by atoms with E-state index in [4.69, 9.17) is 0 Å². The van der Waals surface area contributed by atoms with Gasteiger partial charge in [0, 0.05) is 0 Å². The predicted octanol–water partition coefficient (Wildman–Crippen LogP) is 3.65. The smallest absolute Gasteiger partial charge is 0.00183 e. The molecule has 0 bridgehead atoms. The first-order valence-corrected chi connectivity index (χ1v) is 6.45. The molecule has 1 radical (unpaired) electrons. The molecule has 83 valence electrons. The highest BCUT2D eigenvalue weighted by Crippen LogP contribution is 2.11. The zero-order chi connectivity index (χ0) is 10.1. The summed E-state index contributed by atoms with van der Waals surface area (Å²) in [5.41, 5.74) is 0. The second kappa shape index (κ2) is 8.28. The molecule has 1 heteroatoms. The number of likely N-dealkylation sites (tertiary alicyclic amines) is 1. The van der Waals surface area contributed by atoms with Crippen molar-refractivity contribution < 1.29 is 0 Å². The third kappa shape index (κ3) is 5.64. The highest BCUT2D eigenvalue weighted by molar-refractivity contribution is 4.65. The monoisotopic (exact) mass is 196 g/mol. The molecule has 1 saturated heterocycles. The van der Waals surface area contributed by atoms with Gasteiger partial charge in [-0.1, -0.05) is 45.4 Å². The van der Waals surface area contributed by atoms with Gasteiger partial charge in [0.05, 0.1) is 0 Å². The molecule has 0 amide bonds. The van der Waals surface area contributed by atoms with Crippen molar-refractivity contribution in [2.75, 3.05) is 19.6 Å². The molecular weight excluding hydrogens is 170 g/mol. The normalized spacial score (nSPS) is 17.8. The average Bonchev–Trinajstić information content (AvgIpc) is 2.69. The zero-order valence-electron chi connectivity index (χ0n) is 9.64. The summed E-state index contributed by atoms with van der Waals surface area (Å²) < 4.78 is 0. The minimum atomic E-state index is 1.12. The van der Waals surface area contributed by atoms with Crippen LogP contribution in [0.25, 0.3) is 0 Å². The number of nitrogens with zero attached hydrogens (tertiary/aromatic N) is 1. The first-order chi connectivity index (χ1) is 6.93. The van der Waals surface area contributed by atoms with E-state index in [1.807, 2.05) is 0 Å². The molecule has 1 heterocycles. The van der Waals surface area contributed by atoms with E-state index in [9.17, 15) is 0 Å². The van der Waals surface area contributed by atoms with E-state index in [1.165, 1.54) is 71.0 Å². The SMILES string of the molecule is [CH2]CCCCCCCCN1CCCC1. The van der Waals surface area contributed by atoms with Crippen LogP contribution >= 0.6 is 0 Å². The number of rotatable bonds is 8. The van der Waals surface area contributed by atoms with Gasteiger partial charge in [0.2, 0.25) is 0 Å². The molecule has 0 aromatic rings. The minimum Gasteiger partial charge on any atom is -0.303 e. The maximum Gasteiger partial charge on any atom is -0.00183 e. The van der Waals surface area contributed by atoms with Crippen molar-refractivity contribution in [3.05, 3.63) is 6.92 Å². The molecule has 0 aliphatic carbocycles. The standard InChI is InChI=1S/C13H26N/c1-2-3-4-5-6-7-8-11-14-12-9-10-13-14/h1-13H2. The second-order valence-electron chi connectivity index (χ2n) is 4.52. The lowest BCUT2D eigenvalue weighted by Crippen LogP contribution is -2.20. The van der Waals surface area contributed by atoms with Crippen LogP contribution in [0.15, 0.2) is 0 Å². The quantitative estimate of drug-likeness (QED) is 0.536. The van der Waals surface area contributed by atoms with Crippen molar-refractivity contribution in [1.82, 2.24) is 4.90 Å². The Balaban J connectivity index is 1.75. The van der Waals surface area contributed by atoms with Crippen LogP contribution in [0.5, 0.6) is 0 Å². The minimum absolute atomic E-state index is 1.12. The highest BCUT2D eigenvalue weighted by atomic mass is 15.1. The molecule has 0 unspecified atom stereocenters. The van der Waals surface area contributed by atoms with Crippen molar-refractivity contribution in [2.24, 2.45) is 0 Å². The third-order valence-electron chi connectivity index (χ3n) is 3.17. The van der Waals surface area contributed by atoms with E-state index in [0.29, 0.717) is 0 Å². The Hall–Kier alpha value is -0.0400. The summed E-state index contributed by atoms with van der Waals surface area (Å²) in [6.45, 7) is 7.95. The maximum atomic E-state index is 3.87. The molecular formula is C13H26N. The first kappa shape index (κ1) is 12.0. The second-order valence-corrected chi connectivity index (χ2v) is 4.52. The van der Waals surface area contributed by atoms with Crippen LogP contribution in [0.1, 0.15) is 57.8 Å².